The maximum Gasteiger partial charge on any atom is 0.420 e. The lowest BCUT2D eigenvalue weighted by Crippen LogP contribution is -2.08. The van der Waals surface area contributed by atoms with Gasteiger partial charge in [0, 0.05) is 5.56 Å². The fourth-order valence-electron chi connectivity index (χ4n) is 1.70. The Hall–Kier alpha value is -2.50. The van der Waals surface area contributed by atoms with Gasteiger partial charge in [-0.1, -0.05) is 0 Å². The van der Waals surface area contributed by atoms with E-state index in [-0.39, 0.29) is 17.1 Å². The first-order valence-electron chi connectivity index (χ1n) is 5.92. The number of methoxy groups -OCH3 is 1. The Morgan fingerprint density at radius 2 is 1.62 bits per heavy atom. The molecule has 0 bridgehead atoms. The smallest absolute Gasteiger partial charge is 0.420 e. The molecule has 2 rings (SSSR count). The number of ether oxygens (including phenoxy) is 2. The van der Waals surface area contributed by atoms with Crippen molar-refractivity contribution < 1.29 is 27.4 Å². The van der Waals surface area contributed by atoms with Gasteiger partial charge in [-0.25, -0.2) is 0 Å². The van der Waals surface area contributed by atoms with Crippen LogP contribution in [0.15, 0.2) is 42.5 Å². The predicted molar refractivity (Wildman–Crippen MR) is 69.9 cm³/mol. The highest BCUT2D eigenvalue weighted by molar-refractivity contribution is 5.75. The van der Waals surface area contributed by atoms with Gasteiger partial charge in [-0.05, 0) is 42.5 Å². The second-order valence-electron chi connectivity index (χ2n) is 4.15. The minimum Gasteiger partial charge on any atom is -0.497 e. The molecule has 21 heavy (non-hydrogen) atoms. The molecule has 110 valence electrons. The van der Waals surface area contributed by atoms with Crippen LogP contribution in [0.4, 0.5) is 13.2 Å². The molecule has 0 aliphatic heterocycles. The van der Waals surface area contributed by atoms with Gasteiger partial charge in [0.25, 0.3) is 0 Å². The normalized spacial score (nSPS) is 11.0. The van der Waals surface area contributed by atoms with Crippen LogP contribution >= 0.6 is 0 Å². The lowest BCUT2D eigenvalue weighted by atomic mass is 10.1. The van der Waals surface area contributed by atoms with Crippen LogP contribution in [0.5, 0.6) is 17.2 Å². The topological polar surface area (TPSA) is 35.5 Å². The first-order chi connectivity index (χ1) is 9.94. The van der Waals surface area contributed by atoms with Crippen LogP contribution in [0, 0.1) is 0 Å². The van der Waals surface area contributed by atoms with E-state index in [0.29, 0.717) is 12.0 Å². The monoisotopic (exact) mass is 296 g/mol. The van der Waals surface area contributed by atoms with E-state index >= 15 is 0 Å². The van der Waals surface area contributed by atoms with Crippen LogP contribution in [0.25, 0.3) is 0 Å². The van der Waals surface area contributed by atoms with Gasteiger partial charge >= 0.3 is 6.18 Å². The summed E-state index contributed by atoms with van der Waals surface area (Å²) in [7, 11) is 1.48. The van der Waals surface area contributed by atoms with E-state index in [0.717, 1.165) is 12.1 Å². The zero-order valence-electron chi connectivity index (χ0n) is 11.0. The molecule has 0 saturated carbocycles. The average Bonchev–Trinajstić information content (AvgIpc) is 2.47. The Morgan fingerprint density at radius 3 is 2.14 bits per heavy atom. The number of benzene rings is 2. The Bertz CT molecular complexity index is 634. The number of carbonyl (C=O) groups is 1. The Balaban J connectivity index is 2.36. The van der Waals surface area contributed by atoms with Crippen molar-refractivity contribution in [3.8, 4) is 17.2 Å². The van der Waals surface area contributed by atoms with Gasteiger partial charge in [-0.3, -0.25) is 4.79 Å². The van der Waals surface area contributed by atoms with E-state index in [4.69, 9.17) is 9.47 Å². The van der Waals surface area contributed by atoms with Crippen molar-refractivity contribution in [2.75, 3.05) is 7.11 Å². The summed E-state index contributed by atoms with van der Waals surface area (Å²) in [5, 5.41) is 0. The maximum atomic E-state index is 13.0. The van der Waals surface area contributed by atoms with Crippen LogP contribution in [-0.4, -0.2) is 13.4 Å². The summed E-state index contributed by atoms with van der Waals surface area (Å²) in [5.41, 5.74) is -1.06. The molecule has 0 spiro atoms. The Labute approximate surface area is 118 Å². The second kappa shape index (κ2) is 5.87. The van der Waals surface area contributed by atoms with Crippen LogP contribution in [0.3, 0.4) is 0 Å². The first kappa shape index (κ1) is 14.9. The summed E-state index contributed by atoms with van der Waals surface area (Å²) in [4.78, 5) is 10.6. The van der Waals surface area contributed by atoms with Crippen molar-refractivity contribution in [3.63, 3.8) is 0 Å². The summed E-state index contributed by atoms with van der Waals surface area (Å²) in [6, 6.07) is 9.27. The first-order valence-corrected chi connectivity index (χ1v) is 5.92. The average molecular weight is 296 g/mol. The number of hydrogen-bond donors (Lipinski definition) is 0. The van der Waals surface area contributed by atoms with Crippen molar-refractivity contribution in [2.45, 2.75) is 6.18 Å². The zero-order valence-corrected chi connectivity index (χ0v) is 11.0. The van der Waals surface area contributed by atoms with E-state index in [2.05, 4.69) is 0 Å². The molecule has 0 unspecified atom stereocenters. The molecule has 2 aromatic rings. The summed E-state index contributed by atoms with van der Waals surface area (Å²) >= 11 is 0. The Morgan fingerprint density at radius 1 is 1.00 bits per heavy atom. The van der Waals surface area contributed by atoms with Gasteiger partial charge in [0.15, 0.2) is 0 Å². The third kappa shape index (κ3) is 3.53. The molecular weight excluding hydrogens is 285 g/mol. The van der Waals surface area contributed by atoms with E-state index < -0.39 is 11.7 Å². The summed E-state index contributed by atoms with van der Waals surface area (Å²) in [6.07, 6.45) is -4.26. The summed E-state index contributed by atoms with van der Waals surface area (Å²) < 4.78 is 49.1. The van der Waals surface area contributed by atoms with Crippen LogP contribution < -0.4 is 9.47 Å². The largest absolute Gasteiger partial charge is 0.497 e. The van der Waals surface area contributed by atoms with E-state index in [1.807, 2.05) is 0 Å². The highest BCUT2D eigenvalue weighted by Gasteiger charge is 2.34. The van der Waals surface area contributed by atoms with Crippen LogP contribution in [0.1, 0.15) is 15.9 Å². The third-order valence-corrected chi connectivity index (χ3v) is 2.73. The molecule has 0 saturated heterocycles. The third-order valence-electron chi connectivity index (χ3n) is 2.73. The van der Waals surface area contributed by atoms with Gasteiger partial charge in [0.05, 0.1) is 12.7 Å². The Kier molecular flexibility index (Phi) is 4.16. The molecule has 2 aromatic carbocycles. The highest BCUT2D eigenvalue weighted by atomic mass is 19.4. The van der Waals surface area contributed by atoms with Crippen molar-refractivity contribution in [2.24, 2.45) is 0 Å². The van der Waals surface area contributed by atoms with Crippen LogP contribution in [0.2, 0.25) is 0 Å². The quantitative estimate of drug-likeness (QED) is 0.788. The molecule has 0 atom stereocenters. The SMILES string of the molecule is COc1ccc(Oc2ccc(C=O)cc2C(F)(F)F)cc1. The van der Waals surface area contributed by atoms with Crippen molar-refractivity contribution in [1.82, 2.24) is 0 Å². The number of alkyl halides is 3. The lowest BCUT2D eigenvalue weighted by Gasteiger charge is -2.14. The van der Waals surface area contributed by atoms with Gasteiger partial charge in [0.1, 0.15) is 23.5 Å². The van der Waals surface area contributed by atoms with Crippen molar-refractivity contribution >= 4 is 6.29 Å². The molecule has 0 radical (unpaired) electrons. The number of aldehydes is 1. The van der Waals surface area contributed by atoms with Gasteiger partial charge in [-0.2, -0.15) is 13.2 Å². The molecule has 0 N–H and O–H groups in total. The van der Waals surface area contributed by atoms with Crippen molar-refractivity contribution in [3.05, 3.63) is 53.6 Å². The molecule has 0 aromatic heterocycles. The molecule has 0 aliphatic rings. The number of hydrogen-bond acceptors (Lipinski definition) is 3. The fourth-order valence-corrected chi connectivity index (χ4v) is 1.70. The molecular formula is C15H11F3O3. The van der Waals surface area contributed by atoms with Crippen molar-refractivity contribution in [1.29, 1.82) is 0 Å². The fraction of sp³-hybridized carbons (Fsp3) is 0.133. The van der Waals surface area contributed by atoms with E-state index in [9.17, 15) is 18.0 Å². The van der Waals surface area contributed by atoms with E-state index in [1.54, 1.807) is 12.1 Å². The minimum absolute atomic E-state index is 0.0654. The van der Waals surface area contributed by atoms with Gasteiger partial charge in [0.2, 0.25) is 0 Å². The minimum atomic E-state index is -4.61. The van der Waals surface area contributed by atoms with Gasteiger partial charge < -0.3 is 9.47 Å². The number of carbonyl (C=O) groups excluding carboxylic acids is 1. The summed E-state index contributed by atoms with van der Waals surface area (Å²) in [5.74, 6) is 0.438. The molecule has 0 heterocycles. The molecule has 0 aliphatic carbocycles. The second-order valence-corrected chi connectivity index (χ2v) is 4.15. The van der Waals surface area contributed by atoms with Crippen LogP contribution in [-0.2, 0) is 6.18 Å². The maximum absolute atomic E-state index is 13.0. The summed E-state index contributed by atoms with van der Waals surface area (Å²) in [6.45, 7) is 0. The lowest BCUT2D eigenvalue weighted by molar-refractivity contribution is -0.138. The van der Waals surface area contributed by atoms with E-state index in [1.165, 1.54) is 25.3 Å². The molecule has 0 amide bonds. The standard InChI is InChI=1S/C15H11F3O3/c1-20-11-3-5-12(6-4-11)21-14-7-2-10(9-19)8-13(14)15(16,17)18/h2-9H,1H3. The molecule has 0 fully saturated rings. The van der Waals surface area contributed by atoms with Gasteiger partial charge in [-0.15, -0.1) is 0 Å². The molecule has 3 nitrogen and oxygen atoms in total. The number of halogens is 3. The highest BCUT2D eigenvalue weighted by Crippen LogP contribution is 2.38. The zero-order chi connectivity index (χ0) is 15.5. The molecule has 6 heteroatoms. The number of rotatable bonds is 4. The predicted octanol–water partition coefficient (Wildman–Crippen LogP) is 4.32.